The van der Waals surface area contributed by atoms with Crippen molar-refractivity contribution in [1.29, 1.82) is 0 Å². The molecule has 0 spiro atoms. The maximum absolute atomic E-state index is 12.8. The van der Waals surface area contributed by atoms with Crippen molar-refractivity contribution in [1.82, 2.24) is 50.6 Å². The normalized spacial score (nSPS) is 16.4. The molecule has 0 saturated carbocycles. The van der Waals surface area contributed by atoms with E-state index in [1.165, 1.54) is 130 Å². The van der Waals surface area contributed by atoms with Crippen LogP contribution in [0.1, 0.15) is 89.5 Å². The van der Waals surface area contributed by atoms with E-state index in [2.05, 4.69) is 56.6 Å². The number of likely N-dealkylation sites (tertiary alicyclic amines) is 3. The molecule has 4 N–H and O–H groups in total. The zero-order chi connectivity index (χ0) is 84.2. The highest BCUT2D eigenvalue weighted by molar-refractivity contribution is 7.90. The number of halogens is 1. The number of benzene rings is 5. The first-order valence-electron chi connectivity index (χ1n) is 39.1. The van der Waals surface area contributed by atoms with Gasteiger partial charge in [0.25, 0.3) is 40.1 Å². The Morgan fingerprint density at radius 3 is 0.941 bits per heavy atom. The average Bonchev–Trinajstić information content (AvgIpc) is 0.928. The number of pyridine rings is 4. The van der Waals surface area contributed by atoms with Crippen LogP contribution in [0.4, 0.5) is 11.5 Å². The number of para-hydroxylation sites is 1. The molecule has 0 amide bonds. The van der Waals surface area contributed by atoms with Gasteiger partial charge in [0, 0.05) is 137 Å². The van der Waals surface area contributed by atoms with Gasteiger partial charge in [0.1, 0.15) is 0 Å². The van der Waals surface area contributed by atoms with E-state index >= 15 is 0 Å². The van der Waals surface area contributed by atoms with E-state index < -0.39 is 85.3 Å². The first-order valence-corrected chi connectivity index (χ1v) is 45.2. The van der Waals surface area contributed by atoms with Gasteiger partial charge in [-0.05, 0) is 203 Å². The van der Waals surface area contributed by atoms with E-state index in [9.17, 15) is 73.3 Å². The second kappa shape index (κ2) is 38.2. The number of aromatic hydroxyl groups is 4. The fourth-order valence-corrected chi connectivity index (χ4v) is 19.8. The van der Waals surface area contributed by atoms with Crippen LogP contribution < -0.4 is 32.0 Å². The van der Waals surface area contributed by atoms with E-state index in [4.69, 9.17) is 11.6 Å². The molecule has 5 aliphatic heterocycles. The van der Waals surface area contributed by atoms with Crippen molar-refractivity contribution in [3.8, 4) is 23.0 Å². The molecule has 10 heterocycles. The van der Waals surface area contributed by atoms with Crippen LogP contribution >= 0.6 is 11.6 Å². The highest BCUT2D eigenvalue weighted by Crippen LogP contribution is 2.29. The summed E-state index contributed by atoms with van der Waals surface area (Å²) in [5, 5.41) is 49.8. The molecule has 29 nitrogen and oxygen atoms in total. The summed E-state index contributed by atoms with van der Waals surface area (Å²) in [4.78, 5) is 66.0. The molecule has 0 radical (unpaired) electrons. The van der Waals surface area contributed by atoms with Crippen molar-refractivity contribution in [2.45, 2.75) is 124 Å². The Morgan fingerprint density at radius 2 is 0.627 bits per heavy atom. The summed E-state index contributed by atoms with van der Waals surface area (Å²) in [6, 6.07) is 45.3. The lowest BCUT2D eigenvalue weighted by atomic mass is 9.99. The maximum Gasteiger partial charge on any atom is 0.306 e. The van der Waals surface area contributed by atoms with Crippen LogP contribution in [-0.2, 0) is 66.3 Å². The van der Waals surface area contributed by atoms with Crippen molar-refractivity contribution in [2.75, 3.05) is 101 Å². The molecule has 0 atom stereocenters. The van der Waals surface area contributed by atoms with Crippen LogP contribution in [0.2, 0.25) is 5.15 Å². The van der Waals surface area contributed by atoms with E-state index in [0.717, 1.165) is 106 Å². The second-order valence-electron chi connectivity index (χ2n) is 30.1. The van der Waals surface area contributed by atoms with Crippen molar-refractivity contribution in [2.24, 2.45) is 0 Å². The van der Waals surface area contributed by atoms with Gasteiger partial charge in [-0.1, -0.05) is 107 Å². The number of piperidine rings is 2. The summed E-state index contributed by atoms with van der Waals surface area (Å²) >= 11 is 5.78. The molecule has 5 aromatic heterocycles. The molecule has 5 fully saturated rings. The second-order valence-corrected chi connectivity index (χ2v) is 37.7. The molecular formula is C84H98ClN13O16S4. The molecule has 5 aromatic carbocycles. The largest absolute Gasteiger partial charge is 0.503 e. The molecule has 34 heteroatoms. The fourth-order valence-electron chi connectivity index (χ4n) is 14.8. The Bertz CT molecular complexity index is 5890. The molecule has 0 aliphatic carbocycles. The minimum absolute atomic E-state index is 0.00406. The van der Waals surface area contributed by atoms with E-state index in [1.54, 1.807) is 60.7 Å². The number of aromatic nitrogens is 6. The molecule has 10 aromatic rings. The Morgan fingerprint density at radius 1 is 0.331 bits per heavy atom. The lowest BCUT2D eigenvalue weighted by molar-refractivity contribution is 0.0893. The minimum atomic E-state index is -4.10. The van der Waals surface area contributed by atoms with Gasteiger partial charge in [0.2, 0.25) is 0 Å². The average molecular weight is 1710 g/mol. The van der Waals surface area contributed by atoms with Crippen molar-refractivity contribution in [3.63, 3.8) is 0 Å². The summed E-state index contributed by atoms with van der Waals surface area (Å²) in [7, 11) is -16.2. The van der Waals surface area contributed by atoms with Gasteiger partial charge in [-0.15, -0.1) is 10.2 Å². The number of aryl methyl sites for hydroxylation is 4. The molecule has 15 rings (SSSR count). The monoisotopic (exact) mass is 1710 g/mol. The number of nitrogens with zero attached hydrogens (tertiary/aromatic N) is 13. The highest BCUT2D eigenvalue weighted by Gasteiger charge is 2.31. The third kappa shape index (κ3) is 20.7. The molecule has 0 bridgehead atoms. The Hall–Kier alpha value is -10.3. The minimum Gasteiger partial charge on any atom is -0.503 e. The number of piperazine rings is 2. The van der Waals surface area contributed by atoms with Gasteiger partial charge in [-0.3, -0.25) is 38.8 Å². The van der Waals surface area contributed by atoms with Crippen molar-refractivity contribution >= 4 is 63.2 Å². The number of rotatable bonds is 19. The summed E-state index contributed by atoms with van der Waals surface area (Å²) in [6.45, 7) is 21.0. The van der Waals surface area contributed by atoms with Crippen LogP contribution in [0.5, 0.6) is 23.0 Å². The SMILES string of the molecule is Cc1ccc(S(=O)(=O)n2ccc(CN3CCC(N4CCCCC4)CC3)c(O)c2=O)cc1.Cc1ccc(S(=O)(=O)n2ccc(CN3CCCC3)c(O)c2=O)cc1.Cc1ccc(S(=O)(=O)n2ccc(CN3CCN(c4ccc(Cl)nn4)CC3)c(O)c2=O)cc1.Cc1ccc(S(=O)(=O)n2ccc(CN3CCN(c4ccccc4)CC3)c(O)c2=O)cc1. The molecule has 0 unspecified atom stereocenters. The van der Waals surface area contributed by atoms with E-state index in [1.807, 2.05) is 52.0 Å². The highest BCUT2D eigenvalue weighted by atomic mass is 35.5. The third-order valence-corrected chi connectivity index (χ3v) is 28.7. The van der Waals surface area contributed by atoms with E-state index in [-0.39, 0.29) is 19.6 Å². The van der Waals surface area contributed by atoms with Gasteiger partial charge in [-0.25, -0.2) is 49.6 Å². The molecule has 626 valence electrons. The standard InChI is InChI=1S/C23H31N3O4S.C23H25N3O4S.C21H22ClN5O4S.C17H20N2O4S/c1-18-5-7-21(8-6-18)31(29,30)26-16-9-19(22(27)23(26)28)17-24-14-10-20(11-15-24)25-12-3-2-4-13-25;1-18-7-9-21(10-8-18)31(29,30)26-12-11-19(22(27)23(26)28)17-24-13-15-25(16-14-24)20-5-3-2-4-6-20;1-15-2-4-17(5-3-15)32(30,31)27-9-8-16(20(28)21(27)29)14-25-10-12-26(13-11-25)19-7-6-18(22)23-24-19;1-13-4-6-15(7-5-13)24(22,23)19-11-8-14(16(20)17(19)21)12-18-9-2-3-10-18/h5-9,16,20,27H,2-4,10-15,17H2,1H3;2-12,27H,13-17H2,1H3;2-9,28H,10-14H2,1H3;4-8,11,20H,2-3,9-10,12H2,1H3. The fraction of sp³-hybridized carbons (Fsp3) is 0.357. The topological polar surface area (TPSA) is 354 Å². The first kappa shape index (κ1) is 87.0. The summed E-state index contributed by atoms with van der Waals surface area (Å²) < 4.78 is 105. The van der Waals surface area contributed by atoms with E-state index in [0.29, 0.717) is 102 Å². The quantitative estimate of drug-likeness (QED) is 0.0589. The van der Waals surface area contributed by atoms with Gasteiger partial charge in [0.05, 0.1) is 19.6 Å². The lowest BCUT2D eigenvalue weighted by Crippen LogP contribution is -2.46. The number of anilines is 2. The number of hydrogen-bond acceptors (Lipinski definition) is 25. The van der Waals surface area contributed by atoms with Crippen LogP contribution in [0.15, 0.2) is 227 Å². The Labute approximate surface area is 691 Å². The molecule has 118 heavy (non-hydrogen) atoms. The van der Waals surface area contributed by atoms with Crippen LogP contribution in [0.3, 0.4) is 0 Å². The first-order chi connectivity index (χ1) is 56.4. The third-order valence-electron chi connectivity index (χ3n) is 21.8. The predicted octanol–water partition coefficient (Wildman–Crippen LogP) is 8.53. The summed E-state index contributed by atoms with van der Waals surface area (Å²) in [5.41, 5.74) is 2.86. The smallest absolute Gasteiger partial charge is 0.306 e. The zero-order valence-corrected chi connectivity index (χ0v) is 70.2. The van der Waals surface area contributed by atoms with Crippen molar-refractivity contribution in [3.05, 3.63) is 280 Å². The van der Waals surface area contributed by atoms with Crippen molar-refractivity contribution < 1.29 is 54.1 Å². The Kier molecular flexibility index (Phi) is 28.1. The lowest BCUT2D eigenvalue weighted by Gasteiger charge is -2.40. The number of hydrogen-bond donors (Lipinski definition) is 4. The molecular weight excluding hydrogens is 1610 g/mol. The van der Waals surface area contributed by atoms with Gasteiger partial charge in [-0.2, -0.15) is 0 Å². The molecule has 5 saturated heterocycles. The van der Waals surface area contributed by atoms with Crippen LogP contribution in [-0.4, -0.2) is 202 Å². The molecule has 5 aliphatic rings. The summed E-state index contributed by atoms with van der Waals surface area (Å²) in [6.07, 6.45) is 13.2. The maximum atomic E-state index is 12.8. The van der Waals surface area contributed by atoms with Gasteiger partial charge >= 0.3 is 22.2 Å². The zero-order valence-electron chi connectivity index (χ0n) is 66.2. The summed E-state index contributed by atoms with van der Waals surface area (Å²) in [5.74, 6) is -1.34. The Balaban J connectivity index is 0.000000145. The predicted molar refractivity (Wildman–Crippen MR) is 451 cm³/mol. The van der Waals surface area contributed by atoms with Gasteiger partial charge < -0.3 is 35.1 Å². The van der Waals surface area contributed by atoms with Crippen LogP contribution in [0, 0.1) is 27.7 Å². The van der Waals surface area contributed by atoms with Gasteiger partial charge in [0.15, 0.2) is 34.0 Å². The van der Waals surface area contributed by atoms with Crippen LogP contribution in [0.25, 0.3) is 0 Å².